The van der Waals surface area contributed by atoms with Gasteiger partial charge in [-0.3, -0.25) is 14.5 Å². The maximum Gasteiger partial charge on any atom is 0.301 e. The Hall–Kier alpha value is -3.37. The van der Waals surface area contributed by atoms with Crippen molar-refractivity contribution in [1.82, 2.24) is 10.2 Å². The van der Waals surface area contributed by atoms with E-state index in [4.69, 9.17) is 27.9 Å². The number of hydrogen-bond donors (Lipinski definition) is 1. The highest BCUT2D eigenvalue weighted by Crippen LogP contribution is 2.44. The molecule has 1 saturated heterocycles. The van der Waals surface area contributed by atoms with Crippen LogP contribution < -0.4 is 9.64 Å². The van der Waals surface area contributed by atoms with Crippen LogP contribution >= 0.6 is 46.3 Å². The molecule has 40 heavy (non-hydrogen) atoms. The Morgan fingerprint density at radius 2 is 1.80 bits per heavy atom. The summed E-state index contributed by atoms with van der Waals surface area (Å²) in [4.78, 5) is 28.1. The Bertz CT molecular complexity index is 1580. The first-order chi connectivity index (χ1) is 19.4. The second kappa shape index (κ2) is 12.4. The lowest BCUT2D eigenvalue weighted by molar-refractivity contribution is -0.132. The van der Waals surface area contributed by atoms with E-state index in [0.717, 1.165) is 12.0 Å². The lowest BCUT2D eigenvalue weighted by Gasteiger charge is -2.22. The Kier molecular flexibility index (Phi) is 8.75. The molecule has 1 atom stereocenters. The van der Waals surface area contributed by atoms with Crippen LogP contribution in [0.3, 0.4) is 0 Å². The summed E-state index contributed by atoms with van der Waals surface area (Å²) in [7, 11) is 0. The van der Waals surface area contributed by atoms with Crippen LogP contribution in [0, 0.1) is 0 Å². The zero-order chi connectivity index (χ0) is 28.2. The summed E-state index contributed by atoms with van der Waals surface area (Å²) < 4.78 is 6.22. The molecule has 1 aromatic heterocycles. The van der Waals surface area contributed by atoms with Gasteiger partial charge in [0.05, 0.1) is 18.2 Å². The molecule has 0 saturated carbocycles. The number of rotatable bonds is 9. The first-order valence-corrected chi connectivity index (χ1v) is 14.9. The molecule has 1 aliphatic heterocycles. The second-order valence-corrected chi connectivity index (χ2v) is 11.8. The molecule has 1 fully saturated rings. The maximum atomic E-state index is 13.4. The van der Waals surface area contributed by atoms with Gasteiger partial charge in [0.1, 0.15) is 11.5 Å². The summed E-state index contributed by atoms with van der Waals surface area (Å²) in [5, 5.41) is 21.1. The molecule has 2 heterocycles. The molecule has 7 nitrogen and oxygen atoms in total. The van der Waals surface area contributed by atoms with Gasteiger partial charge in [-0.05, 0) is 53.9 Å². The maximum absolute atomic E-state index is 13.4. The highest BCUT2D eigenvalue weighted by atomic mass is 35.5. The number of Topliss-reactive ketones (excluding diaryl/α,β-unsaturated/α-hetero) is 1. The Balaban J connectivity index is 1.48. The van der Waals surface area contributed by atoms with Crippen LogP contribution in [-0.2, 0) is 15.3 Å². The third-order valence-electron chi connectivity index (χ3n) is 6.13. The Morgan fingerprint density at radius 3 is 2.50 bits per heavy atom. The number of thioether (sulfide) groups is 1. The molecule has 204 valence electrons. The standard InChI is InChI=1S/C29H23Cl2N3O4S2/c1-2-14-38-21-12-9-18(10-13-21)25(35)23-24(17-6-4-3-5-7-17)34(27(37)26(23)36)28-32-33-29(40-28)39-16-19-8-11-20(30)15-22(19)31/h3-13,15,24,35H,2,14,16H2,1H3/b25-23-. The summed E-state index contributed by atoms with van der Waals surface area (Å²) in [5.41, 5.74) is 1.92. The number of anilines is 1. The van der Waals surface area contributed by atoms with Gasteiger partial charge >= 0.3 is 5.91 Å². The molecule has 3 aromatic carbocycles. The smallest absolute Gasteiger partial charge is 0.301 e. The number of benzene rings is 3. The van der Waals surface area contributed by atoms with Crippen molar-refractivity contribution >= 4 is 68.9 Å². The first-order valence-electron chi connectivity index (χ1n) is 12.4. The first kappa shape index (κ1) is 28.2. The Morgan fingerprint density at radius 1 is 1.05 bits per heavy atom. The van der Waals surface area contributed by atoms with Gasteiger partial charge in [0.2, 0.25) is 5.13 Å². The lowest BCUT2D eigenvalue weighted by Crippen LogP contribution is -2.29. The molecular weight excluding hydrogens is 589 g/mol. The molecule has 0 aliphatic carbocycles. The van der Waals surface area contributed by atoms with Crippen molar-refractivity contribution in [2.24, 2.45) is 0 Å². The number of aliphatic hydroxyl groups is 1. The number of aromatic nitrogens is 2. The van der Waals surface area contributed by atoms with Crippen molar-refractivity contribution in [1.29, 1.82) is 0 Å². The Labute approximate surface area is 249 Å². The number of aliphatic hydroxyl groups excluding tert-OH is 1. The minimum absolute atomic E-state index is 0.0178. The van der Waals surface area contributed by atoms with Gasteiger partial charge < -0.3 is 9.84 Å². The number of carbonyl (C=O) groups excluding carboxylic acids is 2. The number of nitrogens with zero attached hydrogens (tertiary/aromatic N) is 3. The second-order valence-electron chi connectivity index (χ2n) is 8.83. The van der Waals surface area contributed by atoms with Crippen LogP contribution in [0.2, 0.25) is 10.0 Å². The van der Waals surface area contributed by atoms with Gasteiger partial charge in [-0.1, -0.05) is 89.6 Å². The molecule has 4 aromatic rings. The fourth-order valence-corrected chi connectivity index (χ4v) is 6.63. The number of carbonyl (C=O) groups is 2. The normalized spacial score (nSPS) is 16.5. The monoisotopic (exact) mass is 611 g/mol. The summed E-state index contributed by atoms with van der Waals surface area (Å²) in [6.45, 7) is 2.58. The fourth-order valence-electron chi connectivity index (χ4n) is 4.20. The molecule has 0 radical (unpaired) electrons. The number of halogens is 2. The van der Waals surface area contributed by atoms with E-state index in [-0.39, 0.29) is 16.5 Å². The van der Waals surface area contributed by atoms with Crippen molar-refractivity contribution in [2.45, 2.75) is 29.5 Å². The van der Waals surface area contributed by atoms with E-state index in [9.17, 15) is 14.7 Å². The van der Waals surface area contributed by atoms with Gasteiger partial charge in [-0.15, -0.1) is 10.2 Å². The minimum Gasteiger partial charge on any atom is -0.507 e. The zero-order valence-corrected chi connectivity index (χ0v) is 24.4. The minimum atomic E-state index is -0.881. The topological polar surface area (TPSA) is 92.6 Å². The number of ether oxygens (including phenoxy) is 1. The molecule has 0 bridgehead atoms. The van der Waals surface area contributed by atoms with E-state index in [2.05, 4.69) is 10.2 Å². The summed E-state index contributed by atoms with van der Waals surface area (Å²) in [6.07, 6.45) is 0.864. The molecule has 1 unspecified atom stereocenters. The third-order valence-corrected chi connectivity index (χ3v) is 8.82. The fraction of sp³-hybridized carbons (Fsp3) is 0.172. The van der Waals surface area contributed by atoms with Gasteiger partial charge in [0.15, 0.2) is 4.34 Å². The van der Waals surface area contributed by atoms with Crippen LogP contribution in [0.15, 0.2) is 82.7 Å². The molecule has 0 spiro atoms. The highest BCUT2D eigenvalue weighted by molar-refractivity contribution is 8.00. The zero-order valence-electron chi connectivity index (χ0n) is 21.2. The van der Waals surface area contributed by atoms with Crippen molar-refractivity contribution in [3.05, 3.63) is 105 Å². The summed E-state index contributed by atoms with van der Waals surface area (Å²) in [6, 6.07) is 20.2. The third kappa shape index (κ3) is 5.88. The molecule has 11 heteroatoms. The van der Waals surface area contributed by atoms with Gasteiger partial charge in [0.25, 0.3) is 5.78 Å². The van der Waals surface area contributed by atoms with Crippen LogP contribution in [0.25, 0.3) is 5.76 Å². The molecular formula is C29H23Cl2N3O4S2. The quantitative estimate of drug-likeness (QED) is 0.0686. The van der Waals surface area contributed by atoms with Crippen LogP contribution in [0.4, 0.5) is 5.13 Å². The van der Waals surface area contributed by atoms with Gasteiger partial charge in [0, 0.05) is 21.4 Å². The van der Waals surface area contributed by atoms with Crippen molar-refractivity contribution in [2.75, 3.05) is 11.5 Å². The van der Waals surface area contributed by atoms with Crippen LogP contribution in [-0.4, -0.2) is 33.6 Å². The van der Waals surface area contributed by atoms with Crippen molar-refractivity contribution in [3.63, 3.8) is 0 Å². The molecule has 1 amide bonds. The average molecular weight is 613 g/mol. The molecule has 1 N–H and O–H groups in total. The molecule has 5 rings (SSSR count). The van der Waals surface area contributed by atoms with E-state index in [1.165, 1.54) is 28.0 Å². The van der Waals surface area contributed by atoms with Crippen molar-refractivity contribution < 1.29 is 19.4 Å². The summed E-state index contributed by atoms with van der Waals surface area (Å²) >= 11 is 14.9. The van der Waals surface area contributed by atoms with E-state index in [1.54, 1.807) is 48.5 Å². The SMILES string of the molecule is CCCOc1ccc(/C(O)=C2/C(=O)C(=O)N(c3nnc(SCc4ccc(Cl)cc4Cl)s3)C2c2ccccc2)cc1. The average Bonchev–Trinajstić information content (AvgIpc) is 3.53. The number of hydrogen-bond acceptors (Lipinski definition) is 8. The van der Waals surface area contributed by atoms with E-state index in [0.29, 0.717) is 43.6 Å². The van der Waals surface area contributed by atoms with Gasteiger partial charge in [-0.25, -0.2) is 0 Å². The predicted octanol–water partition coefficient (Wildman–Crippen LogP) is 7.55. The highest BCUT2D eigenvalue weighted by Gasteiger charge is 2.48. The largest absolute Gasteiger partial charge is 0.507 e. The molecule has 1 aliphatic rings. The lowest BCUT2D eigenvalue weighted by atomic mass is 9.95. The van der Waals surface area contributed by atoms with Gasteiger partial charge in [-0.2, -0.15) is 0 Å². The van der Waals surface area contributed by atoms with Crippen LogP contribution in [0.5, 0.6) is 5.75 Å². The van der Waals surface area contributed by atoms with E-state index >= 15 is 0 Å². The van der Waals surface area contributed by atoms with E-state index in [1.807, 2.05) is 31.2 Å². The summed E-state index contributed by atoms with van der Waals surface area (Å²) in [5.74, 6) is -0.684. The predicted molar refractivity (Wildman–Crippen MR) is 159 cm³/mol. The number of ketones is 1. The van der Waals surface area contributed by atoms with E-state index < -0.39 is 17.7 Å². The number of amides is 1. The van der Waals surface area contributed by atoms with Crippen molar-refractivity contribution in [3.8, 4) is 5.75 Å². The van der Waals surface area contributed by atoms with Crippen LogP contribution in [0.1, 0.15) is 36.1 Å².